The topological polar surface area (TPSA) is 42.3 Å². The van der Waals surface area contributed by atoms with Crippen molar-refractivity contribution < 1.29 is 0 Å². The van der Waals surface area contributed by atoms with E-state index in [1.807, 2.05) is 14.0 Å². The molecule has 104 valence electrons. The second-order valence-corrected chi connectivity index (χ2v) is 6.00. The Morgan fingerprint density at radius 3 is 2.72 bits per heavy atom. The van der Waals surface area contributed by atoms with Crippen LogP contribution in [0.1, 0.15) is 33.1 Å². The molecule has 0 radical (unpaired) electrons. The lowest BCUT2D eigenvalue weighted by atomic mass is 9.93. The highest BCUT2D eigenvalue weighted by atomic mass is 15.2. The molecular weight excluding hydrogens is 224 g/mol. The molecule has 1 heterocycles. The summed E-state index contributed by atoms with van der Waals surface area (Å²) in [7, 11) is 6.19. The van der Waals surface area contributed by atoms with Gasteiger partial charge in [0.25, 0.3) is 0 Å². The Morgan fingerprint density at radius 1 is 1.56 bits per heavy atom. The van der Waals surface area contributed by atoms with Gasteiger partial charge in [0.2, 0.25) is 0 Å². The third kappa shape index (κ3) is 3.94. The molecule has 18 heavy (non-hydrogen) atoms. The summed E-state index contributed by atoms with van der Waals surface area (Å²) in [6.07, 6.45) is 3.42. The van der Waals surface area contributed by atoms with Gasteiger partial charge in [-0.2, -0.15) is 5.26 Å². The first-order valence-corrected chi connectivity index (χ1v) is 6.92. The minimum absolute atomic E-state index is 0.412. The van der Waals surface area contributed by atoms with E-state index in [0.717, 1.165) is 19.5 Å². The van der Waals surface area contributed by atoms with Crippen LogP contribution in [0, 0.1) is 11.3 Å². The minimum Gasteiger partial charge on any atom is -0.305 e. The molecule has 0 bridgehead atoms. The maximum atomic E-state index is 9.23. The van der Waals surface area contributed by atoms with Crippen molar-refractivity contribution in [3.05, 3.63) is 0 Å². The average molecular weight is 252 g/mol. The molecule has 0 saturated carbocycles. The standard InChI is InChI=1S/C14H28N4/c1-12(9-14(2,11-15)16-3)18-8-6-7-13(10-18)17(4)5/h12-13,16H,6-10H2,1-5H3. The molecule has 1 aliphatic heterocycles. The van der Waals surface area contributed by atoms with Crippen molar-refractivity contribution in [1.82, 2.24) is 15.1 Å². The van der Waals surface area contributed by atoms with Gasteiger partial charge in [-0.3, -0.25) is 4.90 Å². The van der Waals surface area contributed by atoms with Crippen molar-refractivity contribution in [1.29, 1.82) is 5.26 Å². The number of hydrogen-bond acceptors (Lipinski definition) is 4. The molecule has 3 atom stereocenters. The van der Waals surface area contributed by atoms with Crippen LogP contribution < -0.4 is 5.32 Å². The monoisotopic (exact) mass is 252 g/mol. The second kappa shape index (κ2) is 6.51. The van der Waals surface area contributed by atoms with E-state index < -0.39 is 5.54 Å². The maximum Gasteiger partial charge on any atom is 0.105 e. The van der Waals surface area contributed by atoms with Gasteiger partial charge < -0.3 is 10.2 Å². The quantitative estimate of drug-likeness (QED) is 0.801. The highest BCUT2D eigenvalue weighted by Gasteiger charge is 2.30. The van der Waals surface area contributed by atoms with E-state index >= 15 is 0 Å². The van der Waals surface area contributed by atoms with Crippen molar-refractivity contribution in [2.45, 2.75) is 50.7 Å². The van der Waals surface area contributed by atoms with Crippen LogP contribution in [-0.4, -0.2) is 61.7 Å². The molecular formula is C14H28N4. The average Bonchev–Trinajstić information content (AvgIpc) is 2.38. The van der Waals surface area contributed by atoms with Gasteiger partial charge in [0, 0.05) is 18.6 Å². The first kappa shape index (κ1) is 15.4. The fourth-order valence-corrected chi connectivity index (χ4v) is 2.73. The van der Waals surface area contributed by atoms with Crippen LogP contribution >= 0.6 is 0 Å². The van der Waals surface area contributed by atoms with Crippen LogP contribution in [-0.2, 0) is 0 Å². The molecule has 1 rings (SSSR count). The first-order valence-electron chi connectivity index (χ1n) is 6.92. The zero-order valence-corrected chi connectivity index (χ0v) is 12.5. The Kier molecular flexibility index (Phi) is 5.58. The molecule has 1 aliphatic rings. The molecule has 0 aromatic rings. The molecule has 0 aliphatic carbocycles. The molecule has 4 nitrogen and oxygen atoms in total. The number of piperidine rings is 1. The van der Waals surface area contributed by atoms with Gasteiger partial charge in [-0.15, -0.1) is 0 Å². The molecule has 0 amide bonds. The zero-order chi connectivity index (χ0) is 13.8. The summed E-state index contributed by atoms with van der Waals surface area (Å²) in [4.78, 5) is 4.85. The van der Waals surface area contributed by atoms with Gasteiger partial charge in [0.15, 0.2) is 0 Å². The third-order valence-corrected chi connectivity index (χ3v) is 4.28. The summed E-state index contributed by atoms with van der Waals surface area (Å²) >= 11 is 0. The number of hydrogen-bond donors (Lipinski definition) is 1. The van der Waals surface area contributed by atoms with Gasteiger partial charge in [0.05, 0.1) is 6.07 Å². The summed E-state index contributed by atoms with van der Waals surface area (Å²) in [6.45, 7) is 6.51. The number of rotatable bonds is 5. The van der Waals surface area contributed by atoms with Gasteiger partial charge in [-0.1, -0.05) is 0 Å². The van der Waals surface area contributed by atoms with Crippen molar-refractivity contribution in [3.8, 4) is 6.07 Å². The maximum absolute atomic E-state index is 9.23. The highest BCUT2D eigenvalue weighted by Crippen LogP contribution is 2.21. The van der Waals surface area contributed by atoms with Gasteiger partial charge >= 0.3 is 0 Å². The lowest BCUT2D eigenvalue weighted by Crippen LogP contribution is -2.51. The smallest absolute Gasteiger partial charge is 0.105 e. The van der Waals surface area contributed by atoms with Crippen LogP contribution in [0.25, 0.3) is 0 Å². The molecule has 1 saturated heterocycles. The Hall–Kier alpha value is -0.630. The van der Waals surface area contributed by atoms with E-state index in [0.29, 0.717) is 12.1 Å². The Bertz CT molecular complexity index is 297. The van der Waals surface area contributed by atoms with Crippen molar-refractivity contribution >= 4 is 0 Å². The van der Waals surface area contributed by atoms with Crippen LogP contribution in [0.3, 0.4) is 0 Å². The Morgan fingerprint density at radius 2 is 2.22 bits per heavy atom. The van der Waals surface area contributed by atoms with Gasteiger partial charge in [-0.05, 0) is 60.8 Å². The summed E-state index contributed by atoms with van der Waals surface area (Å²) in [5.74, 6) is 0. The summed E-state index contributed by atoms with van der Waals surface area (Å²) < 4.78 is 0. The van der Waals surface area contributed by atoms with E-state index in [1.165, 1.54) is 12.8 Å². The molecule has 0 aromatic carbocycles. The van der Waals surface area contributed by atoms with Crippen molar-refractivity contribution in [2.75, 3.05) is 34.2 Å². The van der Waals surface area contributed by atoms with E-state index in [-0.39, 0.29) is 0 Å². The molecule has 1 N–H and O–H groups in total. The molecule has 3 unspecified atom stereocenters. The largest absolute Gasteiger partial charge is 0.305 e. The fraction of sp³-hybridized carbons (Fsp3) is 0.929. The van der Waals surface area contributed by atoms with E-state index in [4.69, 9.17) is 0 Å². The summed E-state index contributed by atoms with van der Waals surface area (Å²) in [5.41, 5.74) is -0.412. The number of nitrogens with one attached hydrogen (secondary N) is 1. The van der Waals surface area contributed by atoms with Crippen LogP contribution in [0.4, 0.5) is 0 Å². The number of likely N-dealkylation sites (tertiary alicyclic amines) is 1. The number of nitriles is 1. The predicted molar refractivity (Wildman–Crippen MR) is 75.4 cm³/mol. The van der Waals surface area contributed by atoms with Gasteiger partial charge in [0.1, 0.15) is 5.54 Å². The molecule has 4 heteroatoms. The Balaban J connectivity index is 2.56. The fourth-order valence-electron chi connectivity index (χ4n) is 2.73. The van der Waals surface area contributed by atoms with Crippen LogP contribution in [0.2, 0.25) is 0 Å². The van der Waals surface area contributed by atoms with Crippen molar-refractivity contribution in [3.63, 3.8) is 0 Å². The summed E-state index contributed by atoms with van der Waals surface area (Å²) in [6, 6.07) is 3.49. The Labute approximate surface area is 112 Å². The zero-order valence-electron chi connectivity index (χ0n) is 12.5. The van der Waals surface area contributed by atoms with Gasteiger partial charge in [-0.25, -0.2) is 0 Å². The first-order chi connectivity index (χ1) is 8.41. The lowest BCUT2D eigenvalue weighted by Gasteiger charge is -2.41. The van der Waals surface area contributed by atoms with E-state index in [1.54, 1.807) is 0 Å². The number of nitrogens with zero attached hydrogens (tertiary/aromatic N) is 3. The molecule has 1 fully saturated rings. The third-order valence-electron chi connectivity index (χ3n) is 4.28. The van der Waals surface area contributed by atoms with Crippen molar-refractivity contribution in [2.24, 2.45) is 0 Å². The summed E-state index contributed by atoms with van der Waals surface area (Å²) in [5, 5.41) is 12.4. The molecule has 0 spiro atoms. The minimum atomic E-state index is -0.412. The predicted octanol–water partition coefficient (Wildman–Crippen LogP) is 1.29. The SMILES string of the molecule is CNC(C)(C#N)CC(C)N1CCCC(N(C)C)C1. The van der Waals surface area contributed by atoms with E-state index in [2.05, 4.69) is 42.2 Å². The normalized spacial score (nSPS) is 26.6. The lowest BCUT2D eigenvalue weighted by molar-refractivity contribution is 0.0910. The van der Waals surface area contributed by atoms with Crippen LogP contribution in [0.5, 0.6) is 0 Å². The highest BCUT2D eigenvalue weighted by molar-refractivity contribution is 5.05. The van der Waals surface area contributed by atoms with Crippen LogP contribution in [0.15, 0.2) is 0 Å². The number of likely N-dealkylation sites (N-methyl/N-ethyl adjacent to an activating group) is 1. The molecule has 0 aromatic heterocycles. The second-order valence-electron chi connectivity index (χ2n) is 6.00. The van der Waals surface area contributed by atoms with E-state index in [9.17, 15) is 5.26 Å².